The van der Waals surface area contributed by atoms with E-state index in [1.54, 1.807) is 0 Å². The van der Waals surface area contributed by atoms with Gasteiger partial charge in [-0.3, -0.25) is 0 Å². The molecule has 0 radical (unpaired) electrons. The molecule has 1 aromatic rings. The van der Waals surface area contributed by atoms with E-state index in [1.165, 1.54) is 11.5 Å². The van der Waals surface area contributed by atoms with E-state index < -0.39 is 0 Å². The van der Waals surface area contributed by atoms with Gasteiger partial charge in [0.25, 0.3) is 0 Å². The third-order valence-corrected chi connectivity index (χ3v) is 2.49. The van der Waals surface area contributed by atoms with Crippen molar-refractivity contribution < 1.29 is 0 Å². The summed E-state index contributed by atoms with van der Waals surface area (Å²) in [5.74, 6) is 0.860. The van der Waals surface area contributed by atoms with Gasteiger partial charge >= 0.3 is 0 Å². The van der Waals surface area contributed by atoms with E-state index in [-0.39, 0.29) is 6.04 Å². The van der Waals surface area contributed by atoms with Crippen LogP contribution in [0.5, 0.6) is 0 Å². The summed E-state index contributed by atoms with van der Waals surface area (Å²) in [6.07, 6.45) is 3.08. The SMILES string of the molecule is CCCC(N)Cc1nc(C)ns1. The van der Waals surface area contributed by atoms with Gasteiger partial charge in [-0.15, -0.1) is 0 Å². The highest BCUT2D eigenvalue weighted by atomic mass is 32.1. The number of nitrogens with zero attached hydrogens (tertiary/aromatic N) is 2. The second-order valence-electron chi connectivity index (χ2n) is 2.99. The molecule has 0 aliphatic rings. The third-order valence-electron chi connectivity index (χ3n) is 1.67. The molecule has 0 amide bonds. The predicted molar refractivity (Wildman–Crippen MR) is 51.2 cm³/mol. The second-order valence-corrected chi connectivity index (χ2v) is 3.82. The number of rotatable bonds is 4. The van der Waals surface area contributed by atoms with E-state index in [0.717, 1.165) is 30.1 Å². The number of hydrogen-bond acceptors (Lipinski definition) is 4. The summed E-state index contributed by atoms with van der Waals surface area (Å²) in [5.41, 5.74) is 5.86. The molecule has 0 aliphatic carbocycles. The Morgan fingerprint density at radius 2 is 2.33 bits per heavy atom. The summed E-state index contributed by atoms with van der Waals surface area (Å²) in [5, 5.41) is 1.06. The summed E-state index contributed by atoms with van der Waals surface area (Å²) in [4.78, 5) is 4.26. The van der Waals surface area contributed by atoms with Gasteiger partial charge in [0.15, 0.2) is 0 Å². The average Bonchev–Trinajstić information content (AvgIpc) is 2.36. The first kappa shape index (κ1) is 9.61. The maximum absolute atomic E-state index is 5.86. The van der Waals surface area contributed by atoms with Crippen molar-refractivity contribution in [3.8, 4) is 0 Å². The fourth-order valence-electron chi connectivity index (χ4n) is 1.12. The van der Waals surface area contributed by atoms with Crippen LogP contribution < -0.4 is 5.73 Å². The minimum Gasteiger partial charge on any atom is -0.327 e. The zero-order chi connectivity index (χ0) is 8.97. The molecule has 0 fully saturated rings. The average molecular weight is 185 g/mol. The van der Waals surface area contributed by atoms with Gasteiger partial charge in [-0.1, -0.05) is 13.3 Å². The van der Waals surface area contributed by atoms with Gasteiger partial charge < -0.3 is 5.73 Å². The van der Waals surface area contributed by atoms with Crippen LogP contribution in [0.1, 0.15) is 30.6 Å². The van der Waals surface area contributed by atoms with Gasteiger partial charge in [0.1, 0.15) is 10.8 Å². The lowest BCUT2D eigenvalue weighted by Crippen LogP contribution is -2.22. The van der Waals surface area contributed by atoms with Gasteiger partial charge in [0, 0.05) is 12.5 Å². The Hall–Kier alpha value is -0.480. The van der Waals surface area contributed by atoms with Crippen molar-refractivity contribution in [1.29, 1.82) is 0 Å². The maximum atomic E-state index is 5.86. The predicted octanol–water partition coefficient (Wildman–Crippen LogP) is 1.52. The Morgan fingerprint density at radius 3 is 2.83 bits per heavy atom. The molecule has 1 atom stereocenters. The van der Waals surface area contributed by atoms with Gasteiger partial charge in [-0.05, 0) is 24.9 Å². The normalized spacial score (nSPS) is 13.2. The molecule has 0 aromatic carbocycles. The molecule has 1 unspecified atom stereocenters. The number of aryl methyl sites for hydroxylation is 1. The standard InChI is InChI=1S/C8H15N3S/c1-3-4-7(9)5-8-10-6(2)11-12-8/h7H,3-5,9H2,1-2H3. The van der Waals surface area contributed by atoms with Crippen molar-refractivity contribution in [3.05, 3.63) is 10.8 Å². The topological polar surface area (TPSA) is 51.8 Å². The van der Waals surface area contributed by atoms with Crippen LogP contribution >= 0.6 is 11.5 Å². The van der Waals surface area contributed by atoms with E-state index in [9.17, 15) is 0 Å². The second kappa shape index (κ2) is 4.52. The number of aromatic nitrogens is 2. The van der Waals surface area contributed by atoms with Gasteiger partial charge in [0.05, 0.1) is 0 Å². The third kappa shape index (κ3) is 2.87. The molecule has 4 heteroatoms. The Bertz CT molecular complexity index is 234. The molecule has 0 spiro atoms. The van der Waals surface area contributed by atoms with Crippen LogP contribution in [0.25, 0.3) is 0 Å². The van der Waals surface area contributed by atoms with Crippen LogP contribution in [-0.4, -0.2) is 15.4 Å². The first-order valence-corrected chi connectivity index (χ1v) is 5.04. The van der Waals surface area contributed by atoms with Crippen molar-refractivity contribution >= 4 is 11.5 Å². The molecule has 3 nitrogen and oxygen atoms in total. The largest absolute Gasteiger partial charge is 0.327 e. The molecule has 1 aromatic heterocycles. The van der Waals surface area contributed by atoms with E-state index in [0.29, 0.717) is 0 Å². The van der Waals surface area contributed by atoms with Crippen LogP contribution in [0.2, 0.25) is 0 Å². The summed E-state index contributed by atoms with van der Waals surface area (Å²) >= 11 is 1.46. The van der Waals surface area contributed by atoms with Crippen LogP contribution in [0.15, 0.2) is 0 Å². The van der Waals surface area contributed by atoms with E-state index in [4.69, 9.17) is 5.73 Å². The lowest BCUT2D eigenvalue weighted by molar-refractivity contribution is 0.598. The minimum absolute atomic E-state index is 0.252. The monoisotopic (exact) mass is 185 g/mol. The summed E-state index contributed by atoms with van der Waals surface area (Å²) in [6, 6.07) is 0.252. The highest BCUT2D eigenvalue weighted by Gasteiger charge is 2.06. The van der Waals surface area contributed by atoms with Gasteiger partial charge in [0.2, 0.25) is 0 Å². The lowest BCUT2D eigenvalue weighted by atomic mass is 10.1. The van der Waals surface area contributed by atoms with Gasteiger partial charge in [-0.2, -0.15) is 4.37 Å². The Kier molecular flexibility index (Phi) is 3.62. The van der Waals surface area contributed by atoms with Crippen LogP contribution in [0.4, 0.5) is 0 Å². The molecule has 0 aliphatic heterocycles. The first-order chi connectivity index (χ1) is 5.72. The maximum Gasteiger partial charge on any atom is 0.139 e. The Morgan fingerprint density at radius 1 is 1.58 bits per heavy atom. The van der Waals surface area contributed by atoms with Crippen molar-refractivity contribution in [3.63, 3.8) is 0 Å². The highest BCUT2D eigenvalue weighted by molar-refractivity contribution is 7.05. The Balaban J connectivity index is 2.41. The molecule has 12 heavy (non-hydrogen) atoms. The zero-order valence-electron chi connectivity index (χ0n) is 7.58. The first-order valence-electron chi connectivity index (χ1n) is 4.27. The van der Waals surface area contributed by atoms with Crippen molar-refractivity contribution in [1.82, 2.24) is 9.36 Å². The molecule has 0 saturated carbocycles. The fraction of sp³-hybridized carbons (Fsp3) is 0.750. The van der Waals surface area contributed by atoms with Crippen LogP contribution in [0, 0.1) is 6.92 Å². The molecule has 68 valence electrons. The quantitative estimate of drug-likeness (QED) is 0.773. The fourth-order valence-corrected chi connectivity index (χ4v) is 1.86. The van der Waals surface area contributed by atoms with Crippen molar-refractivity contribution in [2.45, 2.75) is 39.2 Å². The van der Waals surface area contributed by atoms with Crippen molar-refractivity contribution in [2.75, 3.05) is 0 Å². The van der Waals surface area contributed by atoms with Gasteiger partial charge in [-0.25, -0.2) is 4.98 Å². The van der Waals surface area contributed by atoms with E-state index >= 15 is 0 Å². The minimum atomic E-state index is 0.252. The molecule has 1 heterocycles. The summed E-state index contributed by atoms with van der Waals surface area (Å²) in [6.45, 7) is 4.05. The molecule has 2 N–H and O–H groups in total. The molecular formula is C8H15N3S. The van der Waals surface area contributed by atoms with Crippen molar-refractivity contribution in [2.24, 2.45) is 5.73 Å². The molecule has 0 bridgehead atoms. The van der Waals surface area contributed by atoms with E-state index in [1.807, 2.05) is 6.92 Å². The molecule has 1 rings (SSSR count). The van der Waals surface area contributed by atoms with E-state index in [2.05, 4.69) is 16.3 Å². The molecule has 0 saturated heterocycles. The summed E-state index contributed by atoms with van der Waals surface area (Å²) < 4.78 is 4.10. The highest BCUT2D eigenvalue weighted by Crippen LogP contribution is 2.08. The molecular weight excluding hydrogens is 170 g/mol. The summed E-state index contributed by atoms with van der Waals surface area (Å²) in [7, 11) is 0. The zero-order valence-corrected chi connectivity index (χ0v) is 8.40. The van der Waals surface area contributed by atoms with Crippen LogP contribution in [-0.2, 0) is 6.42 Å². The smallest absolute Gasteiger partial charge is 0.139 e. The Labute approximate surface area is 77.2 Å². The van der Waals surface area contributed by atoms with Crippen LogP contribution in [0.3, 0.4) is 0 Å². The lowest BCUT2D eigenvalue weighted by Gasteiger charge is -2.05. The number of hydrogen-bond donors (Lipinski definition) is 1. The number of nitrogens with two attached hydrogens (primary N) is 1.